The van der Waals surface area contributed by atoms with Gasteiger partial charge in [0.1, 0.15) is 5.75 Å². The summed E-state index contributed by atoms with van der Waals surface area (Å²) in [4.78, 5) is 13.7. The molecule has 2 aliphatic rings. The summed E-state index contributed by atoms with van der Waals surface area (Å²) < 4.78 is 32.9. The van der Waals surface area contributed by atoms with Gasteiger partial charge in [-0.3, -0.25) is 4.79 Å². The van der Waals surface area contributed by atoms with Crippen molar-refractivity contribution in [3.8, 4) is 5.75 Å². The second-order valence-electron chi connectivity index (χ2n) is 6.02. The van der Waals surface area contributed by atoms with E-state index in [4.69, 9.17) is 4.74 Å². The van der Waals surface area contributed by atoms with Gasteiger partial charge in [0.2, 0.25) is 10.0 Å². The van der Waals surface area contributed by atoms with Gasteiger partial charge >= 0.3 is 0 Å². The zero-order valence-electron chi connectivity index (χ0n) is 13.5. The fraction of sp³-hybridized carbons (Fsp3) is 0.562. The first kappa shape index (κ1) is 16.3. The van der Waals surface area contributed by atoms with Gasteiger partial charge in [0.15, 0.2) is 6.61 Å². The Morgan fingerprint density at radius 3 is 2.78 bits per heavy atom. The highest BCUT2D eigenvalue weighted by molar-refractivity contribution is 7.89. The van der Waals surface area contributed by atoms with Crippen LogP contribution in [0.15, 0.2) is 23.1 Å². The molecular weight excluding hydrogens is 316 g/mol. The largest absolute Gasteiger partial charge is 0.482 e. The molecule has 7 heteroatoms. The van der Waals surface area contributed by atoms with Crippen LogP contribution in [0.4, 0.5) is 5.69 Å². The number of carbonyl (C=O) groups is 1. The van der Waals surface area contributed by atoms with Crippen molar-refractivity contribution in [3.05, 3.63) is 18.2 Å². The number of benzene rings is 1. The van der Waals surface area contributed by atoms with Gasteiger partial charge < -0.3 is 9.64 Å². The summed E-state index contributed by atoms with van der Waals surface area (Å²) in [6, 6.07) is 4.78. The van der Waals surface area contributed by atoms with E-state index in [0.29, 0.717) is 24.5 Å². The highest BCUT2D eigenvalue weighted by Gasteiger charge is 2.33. The second kappa shape index (κ2) is 6.13. The van der Waals surface area contributed by atoms with Crippen molar-refractivity contribution in [2.75, 3.05) is 24.6 Å². The first-order valence-corrected chi connectivity index (χ1v) is 9.48. The highest BCUT2D eigenvalue weighted by Crippen LogP contribution is 2.35. The number of carbonyl (C=O) groups excluding carboxylic acids is 1. The lowest BCUT2D eigenvalue weighted by molar-refractivity contribution is -0.121. The maximum Gasteiger partial charge on any atom is 0.265 e. The number of rotatable bonds is 3. The van der Waals surface area contributed by atoms with Crippen molar-refractivity contribution in [2.24, 2.45) is 0 Å². The number of ether oxygens (including phenoxy) is 1. The molecule has 126 valence electrons. The molecule has 0 aromatic heterocycles. The zero-order valence-corrected chi connectivity index (χ0v) is 14.3. The van der Waals surface area contributed by atoms with E-state index in [0.717, 1.165) is 19.3 Å². The van der Waals surface area contributed by atoms with Crippen LogP contribution in [0.3, 0.4) is 0 Å². The smallest absolute Gasteiger partial charge is 0.265 e. The van der Waals surface area contributed by atoms with Crippen LogP contribution in [0.25, 0.3) is 0 Å². The molecule has 1 aromatic carbocycles. The van der Waals surface area contributed by atoms with E-state index in [9.17, 15) is 13.2 Å². The van der Waals surface area contributed by atoms with Crippen LogP contribution in [0.5, 0.6) is 5.75 Å². The summed E-state index contributed by atoms with van der Waals surface area (Å²) in [5.74, 6) is 0.401. The van der Waals surface area contributed by atoms with E-state index >= 15 is 0 Å². The maximum atomic E-state index is 12.9. The molecule has 6 nitrogen and oxygen atoms in total. The van der Waals surface area contributed by atoms with Gasteiger partial charge in [-0.2, -0.15) is 4.31 Å². The van der Waals surface area contributed by atoms with Crippen molar-refractivity contribution in [3.63, 3.8) is 0 Å². The van der Waals surface area contributed by atoms with Crippen LogP contribution < -0.4 is 9.64 Å². The Balaban J connectivity index is 2.01. The van der Waals surface area contributed by atoms with Gasteiger partial charge in [-0.1, -0.05) is 6.42 Å². The van der Waals surface area contributed by atoms with Crippen molar-refractivity contribution in [1.82, 2.24) is 4.31 Å². The lowest BCUT2D eigenvalue weighted by Gasteiger charge is -2.33. The Labute approximate surface area is 137 Å². The van der Waals surface area contributed by atoms with E-state index in [1.165, 1.54) is 0 Å². The van der Waals surface area contributed by atoms with Crippen LogP contribution in [0.1, 0.15) is 33.1 Å². The number of fused-ring (bicyclic) bond motifs is 1. The van der Waals surface area contributed by atoms with Gasteiger partial charge in [-0.15, -0.1) is 0 Å². The van der Waals surface area contributed by atoms with Crippen LogP contribution in [-0.2, 0) is 14.8 Å². The molecular formula is C16H22N2O4S. The Morgan fingerprint density at radius 2 is 2.09 bits per heavy atom. The average Bonchev–Trinajstić information content (AvgIpc) is 2.54. The molecule has 23 heavy (non-hydrogen) atoms. The fourth-order valence-corrected chi connectivity index (χ4v) is 4.97. The standard InChI is InChI=1S/C16H22N2O4S/c1-3-17-14-10-13(7-8-15(14)22-11-16(17)19)23(20,21)18-9-5-4-6-12(18)2/h7-8,10,12H,3-6,9,11H2,1-2H3/t12-/m0/s1. The molecule has 0 unspecified atom stereocenters. The number of hydrogen-bond donors (Lipinski definition) is 0. The van der Waals surface area contributed by atoms with Crippen molar-refractivity contribution in [1.29, 1.82) is 0 Å². The first-order valence-electron chi connectivity index (χ1n) is 8.04. The molecule has 1 aromatic rings. The summed E-state index contributed by atoms with van der Waals surface area (Å²) in [5.41, 5.74) is 0.537. The molecule has 2 aliphatic heterocycles. The first-order chi connectivity index (χ1) is 10.9. The molecule has 0 N–H and O–H groups in total. The number of anilines is 1. The fourth-order valence-electron chi connectivity index (χ4n) is 3.25. The number of nitrogens with zero attached hydrogens (tertiary/aromatic N) is 2. The number of hydrogen-bond acceptors (Lipinski definition) is 4. The minimum atomic E-state index is -3.55. The van der Waals surface area contributed by atoms with Gasteiger partial charge in [-0.05, 0) is 44.9 Å². The summed E-state index contributed by atoms with van der Waals surface area (Å²) in [6.07, 6.45) is 2.83. The predicted octanol–water partition coefficient (Wildman–Crippen LogP) is 1.99. The minimum absolute atomic E-state index is 0.00387. The zero-order chi connectivity index (χ0) is 16.6. The second-order valence-corrected chi connectivity index (χ2v) is 7.91. The van der Waals surface area contributed by atoms with Crippen molar-refractivity contribution < 1.29 is 17.9 Å². The van der Waals surface area contributed by atoms with Gasteiger partial charge in [0, 0.05) is 19.1 Å². The highest BCUT2D eigenvalue weighted by atomic mass is 32.2. The number of likely N-dealkylation sites (N-methyl/N-ethyl adjacent to an activating group) is 1. The van der Waals surface area contributed by atoms with E-state index in [1.807, 2.05) is 13.8 Å². The van der Waals surface area contributed by atoms with Crippen LogP contribution >= 0.6 is 0 Å². The third-order valence-electron chi connectivity index (χ3n) is 4.54. The molecule has 1 amide bonds. The number of amides is 1. The van der Waals surface area contributed by atoms with E-state index in [2.05, 4.69) is 0 Å². The molecule has 0 radical (unpaired) electrons. The van der Waals surface area contributed by atoms with Crippen molar-refractivity contribution >= 4 is 21.6 Å². The van der Waals surface area contributed by atoms with Crippen LogP contribution in [0.2, 0.25) is 0 Å². The molecule has 0 aliphatic carbocycles. The summed E-state index contributed by atoms with van der Waals surface area (Å²) in [5, 5.41) is 0. The number of piperidine rings is 1. The Hall–Kier alpha value is -1.60. The predicted molar refractivity (Wildman–Crippen MR) is 87.2 cm³/mol. The summed E-state index contributed by atoms with van der Waals surface area (Å²) in [6.45, 7) is 4.84. The topological polar surface area (TPSA) is 66.9 Å². The van der Waals surface area contributed by atoms with Gasteiger partial charge in [0.05, 0.1) is 10.6 Å². The van der Waals surface area contributed by atoms with E-state index < -0.39 is 10.0 Å². The van der Waals surface area contributed by atoms with E-state index in [-0.39, 0.29) is 23.5 Å². The van der Waals surface area contributed by atoms with Crippen LogP contribution in [-0.4, -0.2) is 44.4 Å². The molecule has 1 saturated heterocycles. The van der Waals surface area contributed by atoms with E-state index in [1.54, 1.807) is 27.4 Å². The van der Waals surface area contributed by atoms with Gasteiger partial charge in [0.25, 0.3) is 5.91 Å². The quantitative estimate of drug-likeness (QED) is 0.845. The monoisotopic (exact) mass is 338 g/mol. The Morgan fingerprint density at radius 1 is 1.30 bits per heavy atom. The Kier molecular flexibility index (Phi) is 4.33. The minimum Gasteiger partial charge on any atom is -0.482 e. The summed E-state index contributed by atoms with van der Waals surface area (Å²) in [7, 11) is -3.55. The van der Waals surface area contributed by atoms with Crippen LogP contribution in [0, 0.1) is 0 Å². The molecule has 1 atom stereocenters. The number of sulfonamides is 1. The summed E-state index contributed by atoms with van der Waals surface area (Å²) >= 11 is 0. The SMILES string of the molecule is CCN1C(=O)COc2ccc(S(=O)(=O)N3CCCC[C@@H]3C)cc21. The molecule has 1 fully saturated rings. The molecule has 0 saturated carbocycles. The molecule has 0 bridgehead atoms. The van der Waals surface area contributed by atoms with Crippen molar-refractivity contribution in [2.45, 2.75) is 44.0 Å². The third-order valence-corrected chi connectivity index (χ3v) is 6.55. The maximum absolute atomic E-state index is 12.9. The molecule has 0 spiro atoms. The lowest BCUT2D eigenvalue weighted by atomic mass is 10.1. The van der Waals surface area contributed by atoms with Gasteiger partial charge in [-0.25, -0.2) is 8.42 Å². The normalized spacial score (nSPS) is 22.6. The Bertz CT molecular complexity index is 717. The molecule has 2 heterocycles. The third kappa shape index (κ3) is 2.83. The lowest BCUT2D eigenvalue weighted by Crippen LogP contribution is -2.42. The molecule has 3 rings (SSSR count). The average molecular weight is 338 g/mol.